The molecule has 15 heteroatoms. The summed E-state index contributed by atoms with van der Waals surface area (Å²) in [5.74, 6) is -1.85. The first kappa shape index (κ1) is 40.5. The smallest absolute Gasteiger partial charge is 0.274 e. The van der Waals surface area contributed by atoms with Gasteiger partial charge in [-0.05, 0) is 68.5 Å². The van der Waals surface area contributed by atoms with E-state index < -0.39 is 52.1 Å². The zero-order chi connectivity index (χ0) is 36.7. The van der Waals surface area contributed by atoms with E-state index in [0.29, 0.717) is 38.6 Å². The number of hydrogen-bond donors (Lipinski definition) is 7. The highest BCUT2D eigenvalue weighted by Gasteiger charge is 2.33. The second kappa shape index (κ2) is 20.1. The molecule has 0 aliphatic carbocycles. The Hall–Kier alpha value is -3.89. The van der Waals surface area contributed by atoms with Crippen molar-refractivity contribution in [1.29, 1.82) is 0 Å². The van der Waals surface area contributed by atoms with Crippen molar-refractivity contribution < 1.29 is 27.6 Å². The fourth-order valence-electron chi connectivity index (χ4n) is 5.97. The molecule has 1 aliphatic rings. The molecule has 4 atom stereocenters. The number of hydrogen-bond acceptors (Lipinski definition) is 8. The minimum Gasteiger partial charge on any atom is -0.343 e. The lowest BCUT2D eigenvalue weighted by atomic mass is 9.99. The number of carbonyl (C=O) groups excluding carboxylic acids is 4. The molecule has 0 unspecified atom stereocenters. The van der Waals surface area contributed by atoms with Crippen molar-refractivity contribution in [2.75, 3.05) is 19.6 Å². The van der Waals surface area contributed by atoms with Crippen LogP contribution in [0.15, 0.2) is 60.7 Å². The Labute approximate surface area is 295 Å². The van der Waals surface area contributed by atoms with E-state index in [1.165, 1.54) is 0 Å². The maximum absolute atomic E-state index is 13.9. The summed E-state index contributed by atoms with van der Waals surface area (Å²) in [5, 5.41) is 13.7. The summed E-state index contributed by atoms with van der Waals surface area (Å²) in [5.41, 5.74) is 13.6. The molecule has 14 nitrogen and oxygen atoms in total. The molecule has 276 valence electrons. The van der Waals surface area contributed by atoms with Crippen molar-refractivity contribution in [3.8, 4) is 0 Å². The first-order valence-electron chi connectivity index (χ1n) is 17.3. The van der Waals surface area contributed by atoms with E-state index in [1.807, 2.05) is 74.5 Å². The number of nitrogens with zero attached hydrogens (tertiary/aromatic N) is 1. The van der Waals surface area contributed by atoms with Crippen molar-refractivity contribution >= 4 is 33.8 Å². The number of piperidine rings is 1. The first-order valence-corrected chi connectivity index (χ1v) is 18.8. The van der Waals surface area contributed by atoms with Gasteiger partial charge in [0.25, 0.3) is 10.2 Å². The predicted octanol–water partition coefficient (Wildman–Crippen LogP) is 0.213. The number of unbranched alkanes of at least 4 members (excludes halogenated alkanes) is 1. The molecule has 1 saturated heterocycles. The summed E-state index contributed by atoms with van der Waals surface area (Å²) < 4.78 is 25.3. The van der Waals surface area contributed by atoms with Gasteiger partial charge in [-0.3, -0.25) is 19.2 Å². The SMILES string of the molecule is CC(C)C[C@@H](NC(=O)[C@@H](Cc1ccccc1)NC(=O)[C@H](N)Cc1ccccc1)C(=O)N[C@H](CCCCN)C(=O)N1CCC(NS(N)(=O)=O)CC1. The quantitative estimate of drug-likeness (QED) is 0.0993. The summed E-state index contributed by atoms with van der Waals surface area (Å²) in [6.07, 6.45) is 3.07. The fraction of sp³-hybridized carbons (Fsp3) is 0.543. The summed E-state index contributed by atoms with van der Waals surface area (Å²) in [7, 11) is -3.87. The Bertz CT molecular complexity index is 1490. The van der Waals surface area contributed by atoms with Gasteiger partial charge in [0.2, 0.25) is 23.6 Å². The molecule has 10 N–H and O–H groups in total. The summed E-state index contributed by atoms with van der Waals surface area (Å²) in [6, 6.07) is 14.4. The van der Waals surface area contributed by atoms with E-state index in [-0.39, 0.29) is 50.2 Å². The molecule has 3 rings (SSSR count). The van der Waals surface area contributed by atoms with Crippen LogP contribution in [0.1, 0.15) is 63.5 Å². The average Bonchev–Trinajstić information content (AvgIpc) is 3.07. The molecule has 0 radical (unpaired) electrons. The molecular formula is C35H54N8O6S. The fourth-order valence-corrected chi connectivity index (χ4v) is 6.67. The number of nitrogens with one attached hydrogen (secondary N) is 4. The molecule has 50 heavy (non-hydrogen) atoms. The second-order valence-electron chi connectivity index (χ2n) is 13.3. The van der Waals surface area contributed by atoms with Crippen LogP contribution in [0, 0.1) is 5.92 Å². The van der Waals surface area contributed by atoms with Crippen LogP contribution in [0.4, 0.5) is 0 Å². The van der Waals surface area contributed by atoms with Gasteiger partial charge < -0.3 is 32.3 Å². The maximum Gasteiger partial charge on any atom is 0.274 e. The van der Waals surface area contributed by atoms with Gasteiger partial charge in [0.15, 0.2) is 0 Å². The minimum absolute atomic E-state index is 0.00394. The third-order valence-corrected chi connectivity index (χ3v) is 9.25. The number of carbonyl (C=O) groups is 4. The Kier molecular flexibility index (Phi) is 16.3. The lowest BCUT2D eigenvalue weighted by Crippen LogP contribution is -2.59. The lowest BCUT2D eigenvalue weighted by Gasteiger charge is -2.35. The predicted molar refractivity (Wildman–Crippen MR) is 192 cm³/mol. The van der Waals surface area contributed by atoms with Gasteiger partial charge in [0.05, 0.1) is 6.04 Å². The van der Waals surface area contributed by atoms with E-state index in [4.69, 9.17) is 16.6 Å². The third-order valence-electron chi connectivity index (χ3n) is 8.59. The molecule has 0 saturated carbocycles. The van der Waals surface area contributed by atoms with Gasteiger partial charge in [0, 0.05) is 25.6 Å². The van der Waals surface area contributed by atoms with Gasteiger partial charge in [-0.25, -0.2) is 5.14 Å². The molecule has 2 aromatic rings. The van der Waals surface area contributed by atoms with Gasteiger partial charge in [-0.1, -0.05) is 74.5 Å². The van der Waals surface area contributed by atoms with Gasteiger partial charge in [-0.2, -0.15) is 13.1 Å². The monoisotopic (exact) mass is 714 g/mol. The third kappa shape index (κ3) is 14.2. The topological polar surface area (TPSA) is 232 Å². The zero-order valence-electron chi connectivity index (χ0n) is 29.1. The van der Waals surface area contributed by atoms with Gasteiger partial charge in [0.1, 0.15) is 18.1 Å². The molecule has 0 spiro atoms. The van der Waals surface area contributed by atoms with Crippen LogP contribution in [-0.2, 0) is 42.2 Å². The normalized spacial score (nSPS) is 16.2. The van der Waals surface area contributed by atoms with Gasteiger partial charge >= 0.3 is 0 Å². The minimum atomic E-state index is -3.87. The van der Waals surface area contributed by atoms with Crippen molar-refractivity contribution in [3.63, 3.8) is 0 Å². The van der Waals surface area contributed by atoms with E-state index in [2.05, 4.69) is 20.7 Å². The summed E-state index contributed by atoms with van der Waals surface area (Å²) >= 11 is 0. The van der Waals surface area contributed by atoms with Crippen LogP contribution in [0.3, 0.4) is 0 Å². The lowest BCUT2D eigenvalue weighted by molar-refractivity contribution is -0.138. The molecule has 1 fully saturated rings. The largest absolute Gasteiger partial charge is 0.343 e. The van der Waals surface area contributed by atoms with Crippen molar-refractivity contribution in [1.82, 2.24) is 25.6 Å². The van der Waals surface area contributed by atoms with Gasteiger partial charge in [-0.15, -0.1) is 0 Å². The highest BCUT2D eigenvalue weighted by molar-refractivity contribution is 7.87. The molecule has 4 amide bonds. The first-order chi connectivity index (χ1) is 23.8. The van der Waals surface area contributed by atoms with Crippen LogP contribution < -0.4 is 37.3 Å². The second-order valence-corrected chi connectivity index (χ2v) is 14.7. The van der Waals surface area contributed by atoms with E-state index >= 15 is 0 Å². The molecule has 2 aromatic carbocycles. The summed E-state index contributed by atoms with van der Waals surface area (Å²) in [4.78, 5) is 56.3. The Balaban J connectivity index is 1.75. The molecule has 1 heterocycles. The number of amides is 4. The summed E-state index contributed by atoms with van der Waals surface area (Å²) in [6.45, 7) is 4.84. The van der Waals surface area contributed by atoms with Crippen molar-refractivity contribution in [2.45, 2.75) is 95.4 Å². The van der Waals surface area contributed by atoms with Crippen molar-refractivity contribution in [3.05, 3.63) is 71.8 Å². The standard InChI is InChI=1S/C35H54N8O6S/c1-24(2)21-30(33(45)39-29(15-9-10-18-36)35(47)43-19-16-27(17-20-43)42-50(38,48)49)41-34(46)31(23-26-13-7-4-8-14-26)40-32(44)28(37)22-25-11-5-3-6-12-25/h3-8,11-14,24,27-31,42H,9-10,15-23,36-37H2,1-2H3,(H,39,45)(H,40,44)(H,41,46)(H2,38,48,49)/t28-,29-,30-,31-/m1/s1. The molecule has 0 bridgehead atoms. The highest BCUT2D eigenvalue weighted by Crippen LogP contribution is 2.15. The zero-order valence-corrected chi connectivity index (χ0v) is 29.9. The van der Waals surface area contributed by atoms with E-state index in [0.717, 1.165) is 11.1 Å². The Morgan fingerprint density at radius 2 is 1.30 bits per heavy atom. The number of rotatable bonds is 19. The molecule has 0 aromatic heterocycles. The molecule has 1 aliphatic heterocycles. The molecular weight excluding hydrogens is 661 g/mol. The van der Waals surface area contributed by atoms with Crippen LogP contribution in [0.5, 0.6) is 0 Å². The van der Waals surface area contributed by atoms with E-state index in [9.17, 15) is 27.6 Å². The van der Waals surface area contributed by atoms with Crippen LogP contribution >= 0.6 is 0 Å². The Morgan fingerprint density at radius 1 is 0.780 bits per heavy atom. The van der Waals surface area contributed by atoms with Crippen LogP contribution in [0.25, 0.3) is 0 Å². The maximum atomic E-state index is 13.9. The Morgan fingerprint density at radius 3 is 1.84 bits per heavy atom. The van der Waals surface area contributed by atoms with Crippen LogP contribution in [0.2, 0.25) is 0 Å². The number of likely N-dealkylation sites (tertiary alicyclic amines) is 1. The number of benzene rings is 2. The average molecular weight is 715 g/mol. The van der Waals surface area contributed by atoms with E-state index in [1.54, 1.807) is 4.90 Å². The van der Waals surface area contributed by atoms with Crippen LogP contribution in [-0.4, -0.2) is 86.8 Å². The highest BCUT2D eigenvalue weighted by atomic mass is 32.2. The number of nitrogens with two attached hydrogens (primary N) is 3. The van der Waals surface area contributed by atoms with Crippen molar-refractivity contribution in [2.24, 2.45) is 22.5 Å².